The van der Waals surface area contributed by atoms with E-state index >= 15 is 0 Å². The molecule has 2 aromatic rings. The molecule has 27 heavy (non-hydrogen) atoms. The van der Waals surface area contributed by atoms with Crippen molar-refractivity contribution in [3.8, 4) is 0 Å². The second-order valence-electron chi connectivity index (χ2n) is 7.51. The molecule has 3 atom stereocenters. The Morgan fingerprint density at radius 3 is 2.78 bits per heavy atom. The molecule has 0 unspecified atom stereocenters. The average molecular weight is 369 g/mol. The van der Waals surface area contributed by atoms with Crippen molar-refractivity contribution in [3.05, 3.63) is 40.9 Å². The summed E-state index contributed by atoms with van der Waals surface area (Å²) in [7, 11) is 0. The molecule has 1 aliphatic heterocycles. The van der Waals surface area contributed by atoms with E-state index < -0.39 is 12.0 Å². The number of para-hydroxylation sites is 1. The lowest BCUT2D eigenvalue weighted by Gasteiger charge is -2.33. The van der Waals surface area contributed by atoms with Gasteiger partial charge >= 0.3 is 5.97 Å². The normalized spacial score (nSPS) is 24.7. The molecule has 0 spiro atoms. The van der Waals surface area contributed by atoms with Gasteiger partial charge in [0.25, 0.3) is 5.56 Å². The smallest absolute Gasteiger partial charge is 0.326 e. The van der Waals surface area contributed by atoms with Gasteiger partial charge in [-0.1, -0.05) is 25.0 Å². The Labute approximate surface area is 156 Å². The highest BCUT2D eigenvalue weighted by molar-refractivity contribution is 5.85. The number of fused-ring (bicyclic) bond motifs is 2. The van der Waals surface area contributed by atoms with E-state index in [1.165, 1.54) is 10.9 Å². The van der Waals surface area contributed by atoms with Crippen LogP contribution in [-0.2, 0) is 16.1 Å². The predicted octanol–water partition coefficient (Wildman–Crippen LogP) is 2.03. The van der Waals surface area contributed by atoms with Gasteiger partial charge in [0.05, 0.1) is 17.2 Å². The summed E-state index contributed by atoms with van der Waals surface area (Å²) in [6.07, 6.45) is 6.11. The maximum absolute atomic E-state index is 12.9. The third-order valence-electron chi connectivity index (χ3n) is 5.96. The van der Waals surface area contributed by atoms with Crippen LogP contribution in [0, 0.1) is 5.92 Å². The van der Waals surface area contributed by atoms with Gasteiger partial charge in [0.2, 0.25) is 5.91 Å². The maximum atomic E-state index is 12.9. The number of carbonyl (C=O) groups excluding carboxylic acids is 1. The lowest BCUT2D eigenvalue weighted by Crippen LogP contribution is -2.46. The summed E-state index contributed by atoms with van der Waals surface area (Å²) in [6, 6.07) is 6.39. The zero-order valence-electron chi connectivity index (χ0n) is 15.1. The van der Waals surface area contributed by atoms with Gasteiger partial charge in [-0.3, -0.25) is 14.2 Å². The van der Waals surface area contributed by atoms with Crippen molar-refractivity contribution in [1.29, 1.82) is 0 Å². The molecule has 1 aromatic heterocycles. The van der Waals surface area contributed by atoms with E-state index in [2.05, 4.69) is 4.98 Å². The Hall–Kier alpha value is -2.70. The Balaban J connectivity index is 1.52. The first-order chi connectivity index (χ1) is 13.1. The summed E-state index contributed by atoms with van der Waals surface area (Å²) in [5.41, 5.74) is 0.445. The standard InChI is InChI=1S/C20H23N3O4/c24-18(23-16-8-4-1-5-13(16)11-17(23)20(26)27)9-10-22-12-21-15-7-3-2-6-14(15)19(22)25/h2-3,6-7,12-13,16-17H,1,4-5,8-11H2,(H,26,27)/t13-,16+,17+/m1/s1. The van der Waals surface area contributed by atoms with Gasteiger partial charge in [-0.15, -0.1) is 0 Å². The van der Waals surface area contributed by atoms with E-state index in [9.17, 15) is 19.5 Å². The largest absolute Gasteiger partial charge is 0.480 e. The molecular formula is C20H23N3O4. The summed E-state index contributed by atoms with van der Waals surface area (Å²) in [6.45, 7) is 0.204. The van der Waals surface area contributed by atoms with Gasteiger partial charge in [-0.25, -0.2) is 9.78 Å². The monoisotopic (exact) mass is 369 g/mol. The number of amides is 1. The minimum absolute atomic E-state index is 0.0267. The number of hydrogen-bond donors (Lipinski definition) is 1. The Morgan fingerprint density at radius 1 is 1.19 bits per heavy atom. The fraction of sp³-hybridized carbons (Fsp3) is 0.500. The number of hydrogen-bond acceptors (Lipinski definition) is 4. The molecule has 2 fully saturated rings. The first kappa shape index (κ1) is 17.7. The number of carboxylic acids is 1. The summed E-state index contributed by atoms with van der Waals surface area (Å²) in [4.78, 5) is 43.0. The minimum atomic E-state index is -0.928. The number of carboxylic acid groups (broad SMARTS) is 1. The van der Waals surface area contributed by atoms with Crippen LogP contribution in [0.3, 0.4) is 0 Å². The Bertz CT molecular complexity index is 938. The number of likely N-dealkylation sites (tertiary alicyclic amines) is 1. The summed E-state index contributed by atoms with van der Waals surface area (Å²) >= 11 is 0. The Kier molecular flexibility index (Phi) is 4.68. The molecule has 4 rings (SSSR count). The molecule has 1 saturated carbocycles. The summed E-state index contributed by atoms with van der Waals surface area (Å²) < 4.78 is 1.43. The van der Waals surface area contributed by atoms with Gasteiger partial charge < -0.3 is 10.0 Å². The summed E-state index contributed by atoms with van der Waals surface area (Å²) in [5.74, 6) is -0.826. The van der Waals surface area contributed by atoms with Crippen molar-refractivity contribution in [3.63, 3.8) is 0 Å². The number of benzene rings is 1. The van der Waals surface area contributed by atoms with Crippen LogP contribution in [0.25, 0.3) is 10.9 Å². The highest BCUT2D eigenvalue weighted by Crippen LogP contribution is 2.40. The van der Waals surface area contributed by atoms with Crippen molar-refractivity contribution >= 4 is 22.8 Å². The topological polar surface area (TPSA) is 92.5 Å². The zero-order chi connectivity index (χ0) is 19.0. The zero-order valence-corrected chi connectivity index (χ0v) is 15.1. The van der Waals surface area contributed by atoms with E-state index in [4.69, 9.17) is 0 Å². The molecule has 1 amide bonds. The van der Waals surface area contributed by atoms with E-state index in [0.717, 1.165) is 25.7 Å². The molecule has 0 radical (unpaired) electrons. The molecule has 1 saturated heterocycles. The molecule has 0 bridgehead atoms. The summed E-state index contributed by atoms with van der Waals surface area (Å²) in [5, 5.41) is 10.1. The van der Waals surface area contributed by atoms with Crippen molar-refractivity contribution < 1.29 is 14.7 Å². The lowest BCUT2D eigenvalue weighted by atomic mass is 9.84. The van der Waals surface area contributed by atoms with Crippen LogP contribution in [0.5, 0.6) is 0 Å². The van der Waals surface area contributed by atoms with Gasteiger partial charge in [-0.2, -0.15) is 0 Å². The number of carbonyl (C=O) groups is 2. The van der Waals surface area contributed by atoms with E-state index in [1.54, 1.807) is 23.1 Å². The van der Waals surface area contributed by atoms with E-state index in [-0.39, 0.29) is 36.4 Å². The van der Waals surface area contributed by atoms with Crippen LogP contribution in [0.15, 0.2) is 35.4 Å². The number of aryl methyl sites for hydroxylation is 1. The highest BCUT2D eigenvalue weighted by Gasteiger charge is 2.47. The van der Waals surface area contributed by atoms with Gasteiger partial charge in [0.15, 0.2) is 0 Å². The van der Waals surface area contributed by atoms with Gasteiger partial charge in [0, 0.05) is 19.0 Å². The molecule has 2 heterocycles. The van der Waals surface area contributed by atoms with Crippen LogP contribution >= 0.6 is 0 Å². The third-order valence-corrected chi connectivity index (χ3v) is 5.96. The number of nitrogens with zero attached hydrogens (tertiary/aromatic N) is 3. The molecule has 1 aromatic carbocycles. The first-order valence-electron chi connectivity index (χ1n) is 9.54. The van der Waals surface area contributed by atoms with E-state index in [0.29, 0.717) is 17.3 Å². The fourth-order valence-corrected chi connectivity index (χ4v) is 4.65. The molecule has 1 N–H and O–H groups in total. The minimum Gasteiger partial charge on any atom is -0.480 e. The van der Waals surface area contributed by atoms with Gasteiger partial charge in [-0.05, 0) is 37.3 Å². The van der Waals surface area contributed by atoms with Crippen molar-refractivity contribution in [1.82, 2.24) is 14.5 Å². The highest BCUT2D eigenvalue weighted by atomic mass is 16.4. The van der Waals surface area contributed by atoms with Crippen molar-refractivity contribution in [2.75, 3.05) is 0 Å². The van der Waals surface area contributed by atoms with Crippen molar-refractivity contribution in [2.45, 2.75) is 57.2 Å². The molecule has 7 heteroatoms. The number of rotatable bonds is 4. The number of aromatic nitrogens is 2. The van der Waals surface area contributed by atoms with Crippen LogP contribution < -0.4 is 5.56 Å². The maximum Gasteiger partial charge on any atom is 0.326 e. The Morgan fingerprint density at radius 2 is 1.96 bits per heavy atom. The molecular weight excluding hydrogens is 346 g/mol. The molecule has 142 valence electrons. The lowest BCUT2D eigenvalue weighted by molar-refractivity contribution is -0.150. The second-order valence-corrected chi connectivity index (χ2v) is 7.51. The van der Waals surface area contributed by atoms with Crippen LogP contribution in [0.1, 0.15) is 38.5 Å². The number of aliphatic carboxylic acids is 1. The quantitative estimate of drug-likeness (QED) is 0.890. The second kappa shape index (κ2) is 7.13. The predicted molar refractivity (Wildman–Crippen MR) is 99.3 cm³/mol. The van der Waals surface area contributed by atoms with Crippen LogP contribution in [0.4, 0.5) is 0 Å². The van der Waals surface area contributed by atoms with Gasteiger partial charge in [0.1, 0.15) is 6.04 Å². The van der Waals surface area contributed by atoms with Crippen molar-refractivity contribution in [2.24, 2.45) is 5.92 Å². The van der Waals surface area contributed by atoms with E-state index in [1.807, 2.05) is 6.07 Å². The molecule has 1 aliphatic carbocycles. The fourth-order valence-electron chi connectivity index (χ4n) is 4.65. The van der Waals surface area contributed by atoms with Crippen LogP contribution in [0.2, 0.25) is 0 Å². The molecule has 2 aliphatic rings. The third kappa shape index (κ3) is 3.22. The van der Waals surface area contributed by atoms with Crippen LogP contribution in [-0.4, -0.2) is 43.5 Å². The SMILES string of the molecule is O=C(O)[C@@H]1C[C@H]2CCCC[C@@H]2N1C(=O)CCn1cnc2ccccc2c1=O. The average Bonchev–Trinajstić information content (AvgIpc) is 3.07. The first-order valence-corrected chi connectivity index (χ1v) is 9.54. The molecule has 7 nitrogen and oxygen atoms in total.